The quantitative estimate of drug-likeness (QED) is 0.421. The molecule has 0 aliphatic heterocycles. The van der Waals surface area contributed by atoms with Gasteiger partial charge in [0.15, 0.2) is 0 Å². The van der Waals surface area contributed by atoms with E-state index < -0.39 is 0 Å². The maximum atomic E-state index is 9.34. The van der Waals surface area contributed by atoms with Crippen molar-refractivity contribution in [3.05, 3.63) is 18.2 Å². The molecule has 0 radical (unpaired) electrons. The Morgan fingerprint density at radius 2 is 2.00 bits per heavy atom. The number of hydrogen-bond donors (Lipinski definition) is 1. The van der Waals surface area contributed by atoms with E-state index in [0.29, 0.717) is 5.57 Å². The van der Waals surface area contributed by atoms with Crippen molar-refractivity contribution < 1.29 is 9.90 Å². The van der Waals surface area contributed by atoms with Crippen molar-refractivity contribution in [2.45, 2.75) is 13.8 Å². The minimum atomic E-state index is 0.0833. The molecule has 0 aromatic rings. The first-order valence-corrected chi connectivity index (χ1v) is 2.59. The minimum Gasteiger partial charge on any atom is -0.392 e. The van der Waals surface area contributed by atoms with Crippen LogP contribution in [0.1, 0.15) is 13.8 Å². The molecule has 0 amide bonds. The highest BCUT2D eigenvalue weighted by Crippen LogP contribution is 1.72. The first-order chi connectivity index (χ1) is 4.18. The number of allylic oxidation sites excluding steroid dienone is 1. The summed E-state index contributed by atoms with van der Waals surface area (Å²) in [5.41, 5.74) is 0.699. The summed E-state index contributed by atoms with van der Waals surface area (Å²) in [7, 11) is 0. The molecule has 0 bridgehead atoms. The van der Waals surface area contributed by atoms with Gasteiger partial charge in [-0.3, -0.25) is 0 Å². The Hall–Kier alpha value is -0.850. The van der Waals surface area contributed by atoms with Gasteiger partial charge in [-0.25, -0.2) is 4.79 Å². The highest BCUT2D eigenvalue weighted by Gasteiger charge is 1.62. The second-order valence-corrected chi connectivity index (χ2v) is 1.57. The molecule has 2 nitrogen and oxygen atoms in total. The van der Waals surface area contributed by atoms with Crippen LogP contribution in [0.15, 0.2) is 18.2 Å². The van der Waals surface area contributed by atoms with Gasteiger partial charge in [0, 0.05) is 5.57 Å². The van der Waals surface area contributed by atoms with Gasteiger partial charge in [0.2, 0.25) is 0 Å². The van der Waals surface area contributed by atoms with E-state index in [0.717, 1.165) is 0 Å². The molecule has 1 N–H and O–H groups in total. The number of hydrogen-bond acceptors (Lipinski definition) is 2. The summed E-state index contributed by atoms with van der Waals surface area (Å²) in [5, 5.41) is 7.76. The number of rotatable bonds is 1. The van der Waals surface area contributed by atoms with Gasteiger partial charge in [0.05, 0.1) is 6.61 Å². The average Bonchev–Trinajstić information content (AvgIpc) is 1.89. The summed E-state index contributed by atoms with van der Waals surface area (Å²) in [4.78, 5) is 9.34. The summed E-state index contributed by atoms with van der Waals surface area (Å²) in [6.45, 7) is 6.74. The van der Waals surface area contributed by atoms with Gasteiger partial charge in [0.25, 0.3) is 0 Å². The molecule has 0 aromatic carbocycles. The molecule has 0 aliphatic carbocycles. The van der Waals surface area contributed by atoms with Crippen LogP contribution in [0.2, 0.25) is 0 Å². The second-order valence-electron chi connectivity index (χ2n) is 1.57. The number of aliphatic hydroxyl groups is 1. The zero-order valence-corrected chi connectivity index (χ0v) is 5.85. The third-order valence-electron chi connectivity index (χ3n) is 0.333. The summed E-state index contributed by atoms with van der Waals surface area (Å²) in [5.74, 6) is 1.69. The Morgan fingerprint density at radius 1 is 1.78 bits per heavy atom. The lowest BCUT2D eigenvalue weighted by atomic mass is 10.4. The summed E-state index contributed by atoms with van der Waals surface area (Å²) in [6, 6.07) is 0. The lowest BCUT2D eigenvalue weighted by Gasteiger charge is -1.62. The average molecular weight is 128 g/mol. The normalized spacial score (nSPS) is 6.11. The smallest absolute Gasteiger partial charge is 0.122 e. The molecule has 9 heavy (non-hydrogen) atoms. The van der Waals surface area contributed by atoms with E-state index in [2.05, 4.69) is 6.58 Å². The number of carbonyl (C=O) groups excluding carboxylic acids is 1. The molecule has 52 valence electrons. The zero-order valence-electron chi connectivity index (χ0n) is 5.85. The van der Waals surface area contributed by atoms with Gasteiger partial charge in [0.1, 0.15) is 5.94 Å². The predicted molar refractivity (Wildman–Crippen MR) is 37.8 cm³/mol. The maximum Gasteiger partial charge on any atom is 0.122 e. The molecule has 0 saturated carbocycles. The van der Waals surface area contributed by atoms with Crippen LogP contribution < -0.4 is 0 Å². The van der Waals surface area contributed by atoms with Crippen LogP contribution in [0, 0.1) is 0 Å². The molecule has 0 rings (SSSR count). The van der Waals surface area contributed by atoms with Crippen molar-refractivity contribution in [1.29, 1.82) is 0 Å². The van der Waals surface area contributed by atoms with Crippen LogP contribution in [-0.4, -0.2) is 17.7 Å². The lowest BCUT2D eigenvalue weighted by Crippen LogP contribution is -1.62. The van der Waals surface area contributed by atoms with E-state index >= 15 is 0 Å². The minimum absolute atomic E-state index is 0.0833. The van der Waals surface area contributed by atoms with Crippen LogP contribution in [-0.2, 0) is 4.79 Å². The zero-order chi connectivity index (χ0) is 7.70. The van der Waals surface area contributed by atoms with Gasteiger partial charge in [-0.15, -0.1) is 6.58 Å². The van der Waals surface area contributed by atoms with Crippen LogP contribution in [0.4, 0.5) is 0 Å². The molecule has 0 fully saturated rings. The Morgan fingerprint density at radius 3 is 2.00 bits per heavy atom. The fraction of sp³-hybridized carbons (Fsp3) is 0.429. The van der Waals surface area contributed by atoms with Crippen LogP contribution >= 0.6 is 0 Å². The lowest BCUT2D eigenvalue weighted by molar-refractivity contribution is 0.343. The maximum absolute atomic E-state index is 9.34. The van der Waals surface area contributed by atoms with Crippen LogP contribution in [0.25, 0.3) is 0 Å². The highest BCUT2D eigenvalue weighted by atomic mass is 16.2. The fourth-order valence-corrected chi connectivity index (χ4v) is 0. The third-order valence-corrected chi connectivity index (χ3v) is 0.333. The van der Waals surface area contributed by atoms with Gasteiger partial charge in [-0.1, -0.05) is 6.08 Å². The number of aliphatic hydroxyl groups excluding tert-OH is 1. The largest absolute Gasteiger partial charge is 0.392 e. The van der Waals surface area contributed by atoms with E-state index in [1.165, 1.54) is 6.08 Å². The summed E-state index contributed by atoms with van der Waals surface area (Å²) < 4.78 is 0. The molecular weight excluding hydrogens is 116 g/mol. The monoisotopic (exact) mass is 128 g/mol. The van der Waals surface area contributed by atoms with Gasteiger partial charge < -0.3 is 5.11 Å². The Kier molecular flexibility index (Phi) is 12.5. The van der Waals surface area contributed by atoms with Gasteiger partial charge in [-0.05, 0) is 13.8 Å². The Labute approximate surface area is 55.5 Å². The fourth-order valence-electron chi connectivity index (χ4n) is 0. The first kappa shape index (κ1) is 11.0. The van der Waals surface area contributed by atoms with Gasteiger partial charge >= 0.3 is 0 Å². The van der Waals surface area contributed by atoms with E-state index in [4.69, 9.17) is 5.11 Å². The van der Waals surface area contributed by atoms with E-state index in [1.807, 2.05) is 0 Å². The topological polar surface area (TPSA) is 37.3 Å². The van der Waals surface area contributed by atoms with Crippen molar-refractivity contribution in [1.82, 2.24) is 0 Å². The molecule has 0 unspecified atom stereocenters. The molecule has 0 atom stereocenters. The first-order valence-electron chi connectivity index (χ1n) is 2.59. The van der Waals surface area contributed by atoms with Crippen molar-refractivity contribution in [2.75, 3.05) is 6.61 Å². The standard InChI is InChI=1S/C4H6O.C3H6O/c1-4(2)3-5;1-2-3-4/h1-2H3;2,4H,1,3H2. The second kappa shape index (κ2) is 10.2. The molecule has 0 saturated heterocycles. The highest BCUT2D eigenvalue weighted by molar-refractivity contribution is 5.49. The molecule has 0 spiro atoms. The molecule has 0 aromatic heterocycles. The van der Waals surface area contributed by atoms with E-state index in [-0.39, 0.29) is 6.61 Å². The van der Waals surface area contributed by atoms with Crippen molar-refractivity contribution >= 4 is 5.94 Å². The molecule has 0 aliphatic rings. The van der Waals surface area contributed by atoms with Gasteiger partial charge in [-0.2, -0.15) is 0 Å². The molecule has 2 heteroatoms. The van der Waals surface area contributed by atoms with Crippen molar-refractivity contribution in [2.24, 2.45) is 0 Å². The summed E-state index contributed by atoms with van der Waals surface area (Å²) in [6.07, 6.45) is 1.43. The Bertz CT molecular complexity index is 106. The predicted octanol–water partition coefficient (Wildman–Crippen LogP) is 0.949. The van der Waals surface area contributed by atoms with Crippen molar-refractivity contribution in [3.63, 3.8) is 0 Å². The Balaban J connectivity index is 0. The third kappa shape index (κ3) is 41.0. The summed E-state index contributed by atoms with van der Waals surface area (Å²) >= 11 is 0. The molecular formula is C7H12O2. The SMILES string of the molecule is C=CCO.CC(C)=C=O. The van der Waals surface area contributed by atoms with Crippen molar-refractivity contribution in [3.8, 4) is 0 Å². The van der Waals surface area contributed by atoms with E-state index in [9.17, 15) is 4.79 Å². The van der Waals surface area contributed by atoms with E-state index in [1.54, 1.807) is 19.8 Å². The molecule has 0 heterocycles. The van der Waals surface area contributed by atoms with Crippen LogP contribution in [0.3, 0.4) is 0 Å². The van der Waals surface area contributed by atoms with Crippen LogP contribution in [0.5, 0.6) is 0 Å².